The van der Waals surface area contributed by atoms with Crippen molar-refractivity contribution in [3.63, 3.8) is 0 Å². The minimum absolute atomic E-state index is 0.149. The molecule has 0 saturated carbocycles. The van der Waals surface area contributed by atoms with Gasteiger partial charge in [-0.2, -0.15) is 0 Å². The maximum absolute atomic E-state index is 10.7. The van der Waals surface area contributed by atoms with Crippen molar-refractivity contribution in [2.45, 2.75) is 18.9 Å². The monoisotopic (exact) mass is 274 g/mol. The van der Waals surface area contributed by atoms with E-state index < -0.39 is 0 Å². The zero-order valence-corrected chi connectivity index (χ0v) is 11.2. The van der Waals surface area contributed by atoms with Gasteiger partial charge in [-0.3, -0.25) is 10.1 Å². The van der Waals surface area contributed by atoms with Gasteiger partial charge in [-0.1, -0.05) is 6.07 Å². The highest BCUT2D eigenvalue weighted by Gasteiger charge is 2.27. The van der Waals surface area contributed by atoms with Gasteiger partial charge in [0.1, 0.15) is 0 Å². The molecule has 1 aromatic carbocycles. The Bertz CT molecular complexity index is 566. The van der Waals surface area contributed by atoms with E-state index in [1.54, 1.807) is 23.5 Å². The van der Waals surface area contributed by atoms with E-state index in [0.29, 0.717) is 6.04 Å². The van der Waals surface area contributed by atoms with E-state index in [4.69, 9.17) is 0 Å². The van der Waals surface area contributed by atoms with Crippen LogP contribution in [0, 0.1) is 10.1 Å². The molecule has 19 heavy (non-hydrogen) atoms. The Labute approximate surface area is 115 Å². The lowest BCUT2D eigenvalue weighted by Gasteiger charge is -2.25. The Hall–Kier alpha value is -1.88. The molecule has 0 spiro atoms. The molecule has 1 unspecified atom stereocenters. The molecule has 0 bridgehead atoms. The van der Waals surface area contributed by atoms with Gasteiger partial charge in [0, 0.05) is 29.2 Å². The molecule has 3 rings (SSSR count). The topological polar surface area (TPSA) is 46.4 Å². The summed E-state index contributed by atoms with van der Waals surface area (Å²) in [6, 6.07) is 11.5. The van der Waals surface area contributed by atoms with Gasteiger partial charge >= 0.3 is 0 Å². The predicted octanol–water partition coefficient (Wildman–Crippen LogP) is 4.00. The molecule has 1 fully saturated rings. The number of nitro benzene ring substituents is 1. The summed E-state index contributed by atoms with van der Waals surface area (Å²) in [5, 5.41) is 12.8. The highest BCUT2D eigenvalue weighted by Crippen LogP contribution is 2.38. The number of thiophene rings is 1. The number of rotatable bonds is 3. The lowest BCUT2D eigenvalue weighted by atomic mass is 10.1. The second-order valence-corrected chi connectivity index (χ2v) is 5.62. The van der Waals surface area contributed by atoms with E-state index in [-0.39, 0.29) is 10.6 Å². The van der Waals surface area contributed by atoms with Crippen LogP contribution in [-0.4, -0.2) is 11.5 Å². The first-order valence-electron chi connectivity index (χ1n) is 6.30. The third kappa shape index (κ3) is 2.33. The number of anilines is 1. The lowest BCUT2D eigenvalue weighted by molar-refractivity contribution is -0.384. The van der Waals surface area contributed by atoms with Crippen LogP contribution in [0.4, 0.5) is 11.4 Å². The Morgan fingerprint density at radius 3 is 2.68 bits per heavy atom. The molecule has 4 nitrogen and oxygen atoms in total. The fourth-order valence-corrected chi connectivity index (χ4v) is 3.49. The highest BCUT2D eigenvalue weighted by atomic mass is 32.1. The Balaban J connectivity index is 1.86. The first-order chi connectivity index (χ1) is 9.25. The van der Waals surface area contributed by atoms with Gasteiger partial charge in [-0.05, 0) is 36.4 Å². The van der Waals surface area contributed by atoms with Crippen LogP contribution in [0.3, 0.4) is 0 Å². The van der Waals surface area contributed by atoms with Crippen molar-refractivity contribution in [3.8, 4) is 0 Å². The van der Waals surface area contributed by atoms with Crippen molar-refractivity contribution in [2.24, 2.45) is 0 Å². The van der Waals surface area contributed by atoms with Crippen molar-refractivity contribution in [3.05, 3.63) is 56.8 Å². The fourth-order valence-electron chi connectivity index (χ4n) is 2.62. The van der Waals surface area contributed by atoms with Crippen LogP contribution in [-0.2, 0) is 0 Å². The van der Waals surface area contributed by atoms with E-state index in [1.807, 2.05) is 12.1 Å². The zero-order chi connectivity index (χ0) is 13.2. The third-order valence-electron chi connectivity index (χ3n) is 3.52. The van der Waals surface area contributed by atoms with E-state index >= 15 is 0 Å². The van der Waals surface area contributed by atoms with E-state index in [1.165, 1.54) is 11.3 Å². The first-order valence-corrected chi connectivity index (χ1v) is 7.18. The van der Waals surface area contributed by atoms with Gasteiger partial charge in [0.05, 0.1) is 11.0 Å². The lowest BCUT2D eigenvalue weighted by Crippen LogP contribution is -2.21. The molecule has 1 aliphatic heterocycles. The Kier molecular flexibility index (Phi) is 3.21. The standard InChI is InChI=1S/C14H14N2O2S/c17-16(18)12-7-5-11(6-8-12)15-9-1-3-13(15)14-4-2-10-19-14/h2,4-8,10,13H,1,3,9H2. The van der Waals surface area contributed by atoms with Crippen molar-refractivity contribution in [1.29, 1.82) is 0 Å². The van der Waals surface area contributed by atoms with Gasteiger partial charge in [0.2, 0.25) is 0 Å². The maximum atomic E-state index is 10.7. The van der Waals surface area contributed by atoms with Gasteiger partial charge in [-0.25, -0.2) is 0 Å². The molecule has 1 atom stereocenters. The second kappa shape index (κ2) is 5.01. The van der Waals surface area contributed by atoms with Crippen molar-refractivity contribution in [1.82, 2.24) is 0 Å². The SMILES string of the molecule is O=[N+]([O-])c1ccc(N2CCCC2c2cccs2)cc1. The molecule has 0 N–H and O–H groups in total. The molecule has 0 aliphatic carbocycles. The smallest absolute Gasteiger partial charge is 0.269 e. The predicted molar refractivity (Wildman–Crippen MR) is 76.7 cm³/mol. The zero-order valence-electron chi connectivity index (χ0n) is 10.4. The van der Waals surface area contributed by atoms with Crippen molar-refractivity contribution < 1.29 is 4.92 Å². The van der Waals surface area contributed by atoms with Crippen LogP contribution in [0.15, 0.2) is 41.8 Å². The summed E-state index contributed by atoms with van der Waals surface area (Å²) in [5.74, 6) is 0. The minimum atomic E-state index is -0.357. The van der Waals surface area contributed by atoms with Gasteiger partial charge in [-0.15, -0.1) is 11.3 Å². The normalized spacial score (nSPS) is 18.7. The molecule has 2 heterocycles. The molecule has 98 valence electrons. The molecule has 1 saturated heterocycles. The highest BCUT2D eigenvalue weighted by molar-refractivity contribution is 7.10. The molecule has 1 aliphatic rings. The minimum Gasteiger partial charge on any atom is -0.364 e. The summed E-state index contributed by atoms with van der Waals surface area (Å²) in [6.07, 6.45) is 2.32. The van der Waals surface area contributed by atoms with Crippen molar-refractivity contribution >= 4 is 22.7 Å². The van der Waals surface area contributed by atoms with Crippen molar-refractivity contribution in [2.75, 3.05) is 11.4 Å². The van der Waals surface area contributed by atoms with E-state index in [0.717, 1.165) is 18.7 Å². The maximum Gasteiger partial charge on any atom is 0.269 e. The van der Waals surface area contributed by atoms with Crippen LogP contribution < -0.4 is 4.90 Å². The van der Waals surface area contributed by atoms with Gasteiger partial charge < -0.3 is 4.90 Å². The second-order valence-electron chi connectivity index (χ2n) is 4.64. The quantitative estimate of drug-likeness (QED) is 0.628. The number of nitrogens with zero attached hydrogens (tertiary/aromatic N) is 2. The summed E-state index contributed by atoms with van der Waals surface area (Å²) >= 11 is 1.78. The number of nitro groups is 1. The van der Waals surface area contributed by atoms with Crippen LogP contribution >= 0.6 is 11.3 Å². The summed E-state index contributed by atoms with van der Waals surface area (Å²) in [7, 11) is 0. The van der Waals surface area contributed by atoms with Crippen LogP contribution in [0.25, 0.3) is 0 Å². The summed E-state index contributed by atoms with van der Waals surface area (Å²) in [5.41, 5.74) is 1.22. The Morgan fingerprint density at radius 1 is 1.26 bits per heavy atom. The fraction of sp³-hybridized carbons (Fsp3) is 0.286. The van der Waals surface area contributed by atoms with Crippen LogP contribution in [0.1, 0.15) is 23.8 Å². The molecule has 5 heteroatoms. The number of non-ortho nitro benzene ring substituents is 1. The summed E-state index contributed by atoms with van der Waals surface area (Å²) in [4.78, 5) is 14.0. The molecular formula is C14H14N2O2S. The average Bonchev–Trinajstić information content (AvgIpc) is 3.09. The molecule has 1 aromatic heterocycles. The summed E-state index contributed by atoms with van der Waals surface area (Å²) in [6.45, 7) is 1.01. The van der Waals surface area contributed by atoms with E-state index in [2.05, 4.69) is 22.4 Å². The van der Waals surface area contributed by atoms with Gasteiger partial charge in [0.15, 0.2) is 0 Å². The average molecular weight is 274 g/mol. The number of hydrogen-bond acceptors (Lipinski definition) is 4. The summed E-state index contributed by atoms with van der Waals surface area (Å²) < 4.78 is 0. The van der Waals surface area contributed by atoms with Gasteiger partial charge in [0.25, 0.3) is 5.69 Å². The number of benzene rings is 1. The number of hydrogen-bond donors (Lipinski definition) is 0. The Morgan fingerprint density at radius 2 is 2.05 bits per heavy atom. The largest absolute Gasteiger partial charge is 0.364 e. The molecule has 0 radical (unpaired) electrons. The molecule has 2 aromatic rings. The molecule has 0 amide bonds. The first kappa shape index (κ1) is 12.2. The van der Waals surface area contributed by atoms with Crippen LogP contribution in [0.2, 0.25) is 0 Å². The van der Waals surface area contributed by atoms with Crippen LogP contribution in [0.5, 0.6) is 0 Å². The third-order valence-corrected chi connectivity index (χ3v) is 4.49. The molecular weight excluding hydrogens is 260 g/mol. The van der Waals surface area contributed by atoms with E-state index in [9.17, 15) is 10.1 Å².